The Bertz CT molecular complexity index is 610. The average Bonchev–Trinajstić information content (AvgIpc) is 2.96. The summed E-state index contributed by atoms with van der Waals surface area (Å²) in [6, 6.07) is 3.70. The number of nitrogens with one attached hydrogen (secondary N) is 2. The van der Waals surface area contributed by atoms with Crippen LogP contribution in [-0.2, 0) is 11.3 Å². The van der Waals surface area contributed by atoms with E-state index >= 15 is 0 Å². The van der Waals surface area contributed by atoms with Crippen LogP contribution in [0.15, 0.2) is 24.5 Å². The van der Waals surface area contributed by atoms with Crippen LogP contribution in [0.3, 0.4) is 0 Å². The molecule has 1 amide bonds. The SMILES string of the molecule is Cc1cc(N(C)C)nc(NCCNC(=O)Cn2cccn2)n1. The lowest BCUT2D eigenvalue weighted by atomic mass is 10.4. The fraction of sp³-hybridized carbons (Fsp3) is 0.429. The molecule has 0 saturated carbocycles. The number of hydrogen-bond acceptors (Lipinski definition) is 6. The highest BCUT2D eigenvalue weighted by Gasteiger charge is 2.04. The van der Waals surface area contributed by atoms with Gasteiger partial charge in [0.15, 0.2) is 0 Å². The molecule has 0 aromatic carbocycles. The van der Waals surface area contributed by atoms with E-state index in [1.54, 1.807) is 23.1 Å². The Morgan fingerprint density at radius 2 is 2.14 bits per heavy atom. The van der Waals surface area contributed by atoms with E-state index < -0.39 is 0 Å². The zero-order valence-electron chi connectivity index (χ0n) is 13.1. The fourth-order valence-electron chi connectivity index (χ4n) is 1.83. The normalized spacial score (nSPS) is 10.3. The molecular weight excluding hydrogens is 282 g/mol. The van der Waals surface area contributed by atoms with Crippen LogP contribution in [0.25, 0.3) is 0 Å². The van der Waals surface area contributed by atoms with Gasteiger partial charge in [-0.05, 0) is 13.0 Å². The van der Waals surface area contributed by atoms with Gasteiger partial charge in [0, 0.05) is 51.3 Å². The Labute approximate surface area is 129 Å². The van der Waals surface area contributed by atoms with Crippen molar-refractivity contribution in [3.05, 3.63) is 30.2 Å². The van der Waals surface area contributed by atoms with Crippen LogP contribution < -0.4 is 15.5 Å². The first-order valence-electron chi connectivity index (χ1n) is 7.05. The minimum Gasteiger partial charge on any atom is -0.363 e. The summed E-state index contributed by atoms with van der Waals surface area (Å²) in [4.78, 5) is 22.3. The molecule has 8 heteroatoms. The summed E-state index contributed by atoms with van der Waals surface area (Å²) in [5, 5.41) is 9.91. The van der Waals surface area contributed by atoms with Gasteiger partial charge >= 0.3 is 0 Å². The van der Waals surface area contributed by atoms with Gasteiger partial charge in [0.1, 0.15) is 12.4 Å². The Morgan fingerprint density at radius 1 is 1.32 bits per heavy atom. The molecule has 0 saturated heterocycles. The van der Waals surface area contributed by atoms with Crippen molar-refractivity contribution in [1.82, 2.24) is 25.1 Å². The van der Waals surface area contributed by atoms with Crippen LogP contribution >= 0.6 is 0 Å². The van der Waals surface area contributed by atoms with Gasteiger partial charge in [0.05, 0.1) is 0 Å². The molecule has 2 heterocycles. The Hall–Kier alpha value is -2.64. The second-order valence-electron chi connectivity index (χ2n) is 5.07. The van der Waals surface area contributed by atoms with Crippen LogP contribution in [-0.4, -0.2) is 52.8 Å². The molecule has 0 bridgehead atoms. The van der Waals surface area contributed by atoms with Crippen molar-refractivity contribution in [2.45, 2.75) is 13.5 Å². The van der Waals surface area contributed by atoms with Gasteiger partial charge in [0.25, 0.3) is 0 Å². The maximum atomic E-state index is 11.7. The van der Waals surface area contributed by atoms with Crippen LogP contribution in [0.2, 0.25) is 0 Å². The van der Waals surface area contributed by atoms with Gasteiger partial charge in [-0.3, -0.25) is 9.48 Å². The third kappa shape index (κ3) is 4.72. The standard InChI is InChI=1S/C14H21N7O/c1-11-9-12(20(2)3)19-14(18-11)16-7-6-15-13(22)10-21-8-4-5-17-21/h4-5,8-9H,6-7,10H2,1-3H3,(H,15,22)(H,16,18,19). The first-order chi connectivity index (χ1) is 10.5. The van der Waals surface area contributed by atoms with Crippen molar-refractivity contribution in [2.75, 3.05) is 37.4 Å². The predicted octanol–water partition coefficient (Wildman–Crippen LogP) is 0.276. The molecule has 0 spiro atoms. The highest BCUT2D eigenvalue weighted by atomic mass is 16.2. The average molecular weight is 303 g/mol. The van der Waals surface area contributed by atoms with Gasteiger partial charge in [0.2, 0.25) is 11.9 Å². The summed E-state index contributed by atoms with van der Waals surface area (Å²) < 4.78 is 1.58. The van der Waals surface area contributed by atoms with E-state index in [2.05, 4.69) is 25.7 Å². The number of carbonyl (C=O) groups excluding carboxylic acids is 1. The molecule has 22 heavy (non-hydrogen) atoms. The lowest BCUT2D eigenvalue weighted by Gasteiger charge is -2.14. The monoisotopic (exact) mass is 303 g/mol. The number of nitrogens with zero attached hydrogens (tertiary/aromatic N) is 5. The number of aryl methyl sites for hydroxylation is 1. The smallest absolute Gasteiger partial charge is 0.241 e. The second kappa shape index (κ2) is 7.39. The second-order valence-corrected chi connectivity index (χ2v) is 5.07. The van der Waals surface area contributed by atoms with Gasteiger partial charge in [-0.1, -0.05) is 0 Å². The van der Waals surface area contributed by atoms with E-state index in [0.717, 1.165) is 11.5 Å². The molecule has 0 aliphatic rings. The Morgan fingerprint density at radius 3 is 2.82 bits per heavy atom. The van der Waals surface area contributed by atoms with Crippen molar-refractivity contribution in [1.29, 1.82) is 0 Å². The summed E-state index contributed by atoms with van der Waals surface area (Å²) >= 11 is 0. The van der Waals surface area contributed by atoms with E-state index in [-0.39, 0.29) is 12.5 Å². The molecule has 2 N–H and O–H groups in total. The first-order valence-corrected chi connectivity index (χ1v) is 7.05. The molecule has 2 rings (SSSR count). The minimum atomic E-state index is -0.0790. The van der Waals surface area contributed by atoms with E-state index in [4.69, 9.17) is 0 Å². The minimum absolute atomic E-state index is 0.0790. The third-order valence-electron chi connectivity index (χ3n) is 2.89. The molecule has 0 radical (unpaired) electrons. The molecule has 0 atom stereocenters. The summed E-state index contributed by atoms with van der Waals surface area (Å²) in [5.74, 6) is 1.33. The van der Waals surface area contributed by atoms with E-state index in [1.807, 2.05) is 32.0 Å². The Balaban J connectivity index is 1.75. The van der Waals surface area contributed by atoms with Crippen molar-refractivity contribution in [2.24, 2.45) is 0 Å². The van der Waals surface area contributed by atoms with E-state index in [0.29, 0.717) is 19.0 Å². The number of amides is 1. The molecule has 2 aromatic rings. The van der Waals surface area contributed by atoms with Gasteiger partial charge < -0.3 is 15.5 Å². The summed E-state index contributed by atoms with van der Waals surface area (Å²) in [6.45, 7) is 3.19. The predicted molar refractivity (Wildman–Crippen MR) is 84.8 cm³/mol. The number of aromatic nitrogens is 4. The number of carbonyl (C=O) groups is 1. The maximum Gasteiger partial charge on any atom is 0.241 e. The van der Waals surface area contributed by atoms with Crippen LogP contribution in [0, 0.1) is 6.92 Å². The highest BCUT2D eigenvalue weighted by Crippen LogP contribution is 2.11. The van der Waals surface area contributed by atoms with Crippen molar-refractivity contribution in [3.8, 4) is 0 Å². The Kier molecular flexibility index (Phi) is 5.29. The van der Waals surface area contributed by atoms with Crippen LogP contribution in [0.4, 0.5) is 11.8 Å². The highest BCUT2D eigenvalue weighted by molar-refractivity contribution is 5.75. The van der Waals surface area contributed by atoms with Crippen LogP contribution in [0.5, 0.6) is 0 Å². The van der Waals surface area contributed by atoms with Crippen molar-refractivity contribution in [3.63, 3.8) is 0 Å². The topological polar surface area (TPSA) is 88.0 Å². The summed E-state index contributed by atoms with van der Waals surface area (Å²) in [5.41, 5.74) is 0.893. The van der Waals surface area contributed by atoms with Crippen molar-refractivity contribution < 1.29 is 4.79 Å². The molecule has 0 unspecified atom stereocenters. The lowest BCUT2D eigenvalue weighted by molar-refractivity contribution is -0.121. The van der Waals surface area contributed by atoms with Gasteiger partial charge in [-0.25, -0.2) is 4.98 Å². The molecular formula is C14H21N7O. The summed E-state index contributed by atoms with van der Waals surface area (Å²) in [7, 11) is 3.86. The van der Waals surface area contributed by atoms with Crippen LogP contribution in [0.1, 0.15) is 5.69 Å². The summed E-state index contributed by atoms with van der Waals surface area (Å²) in [6.07, 6.45) is 3.40. The van der Waals surface area contributed by atoms with Crippen molar-refractivity contribution >= 4 is 17.7 Å². The molecule has 0 fully saturated rings. The van der Waals surface area contributed by atoms with Gasteiger partial charge in [-0.2, -0.15) is 10.1 Å². The zero-order chi connectivity index (χ0) is 15.9. The number of rotatable bonds is 7. The lowest BCUT2D eigenvalue weighted by Crippen LogP contribution is -2.32. The number of hydrogen-bond donors (Lipinski definition) is 2. The zero-order valence-corrected chi connectivity index (χ0v) is 13.1. The third-order valence-corrected chi connectivity index (χ3v) is 2.89. The quantitative estimate of drug-likeness (QED) is 0.714. The maximum absolute atomic E-state index is 11.7. The largest absolute Gasteiger partial charge is 0.363 e. The van der Waals surface area contributed by atoms with E-state index in [1.165, 1.54) is 0 Å². The van der Waals surface area contributed by atoms with Gasteiger partial charge in [-0.15, -0.1) is 0 Å². The number of anilines is 2. The first kappa shape index (κ1) is 15.7. The molecule has 118 valence electrons. The fourth-order valence-corrected chi connectivity index (χ4v) is 1.83. The van der Waals surface area contributed by atoms with E-state index in [9.17, 15) is 4.79 Å². The molecule has 0 aliphatic carbocycles. The molecule has 2 aromatic heterocycles. The molecule has 0 aliphatic heterocycles. The molecule has 8 nitrogen and oxygen atoms in total.